The first-order valence-corrected chi connectivity index (χ1v) is 5.92. The summed E-state index contributed by atoms with van der Waals surface area (Å²) < 4.78 is 33.6. The van der Waals surface area contributed by atoms with Crippen molar-refractivity contribution in [3.63, 3.8) is 0 Å². The number of methoxy groups -OCH3 is 1. The first-order valence-electron chi connectivity index (χ1n) is 5.92. The van der Waals surface area contributed by atoms with E-state index in [2.05, 4.69) is 4.74 Å². The van der Waals surface area contributed by atoms with Crippen molar-refractivity contribution in [2.75, 3.05) is 27.3 Å². The number of aliphatic hydroxyl groups excluding tert-OH is 1. The number of rotatable bonds is 7. The van der Waals surface area contributed by atoms with Gasteiger partial charge in [0.05, 0.1) is 18.3 Å². The molecule has 1 aromatic carbocycles. The van der Waals surface area contributed by atoms with E-state index < -0.39 is 18.6 Å². The quantitative estimate of drug-likeness (QED) is 0.823. The molecule has 0 saturated carbocycles. The Morgan fingerprint density at radius 1 is 1.40 bits per heavy atom. The molecule has 0 saturated heterocycles. The number of likely N-dealkylation sites (N-methyl/N-ethyl adjacent to an activating group) is 1. The second kappa shape index (κ2) is 7.76. The van der Waals surface area contributed by atoms with Crippen LogP contribution >= 0.6 is 0 Å². The average Bonchev–Trinajstić information content (AvgIpc) is 2.38. The fourth-order valence-corrected chi connectivity index (χ4v) is 1.69. The van der Waals surface area contributed by atoms with Gasteiger partial charge in [0.15, 0.2) is 0 Å². The van der Waals surface area contributed by atoms with E-state index in [0.717, 1.165) is 0 Å². The van der Waals surface area contributed by atoms with Crippen LogP contribution in [0.2, 0.25) is 0 Å². The zero-order chi connectivity index (χ0) is 15.1. The normalized spacial score (nSPS) is 12.3. The summed E-state index contributed by atoms with van der Waals surface area (Å²) in [6, 6.07) is 5.72. The van der Waals surface area contributed by atoms with Crippen LogP contribution in [-0.4, -0.2) is 55.9 Å². The largest absolute Gasteiger partial charge is 0.434 e. The highest BCUT2D eigenvalue weighted by atomic mass is 19.3. The maximum atomic E-state index is 12.3. The van der Waals surface area contributed by atoms with Gasteiger partial charge in [-0.3, -0.25) is 4.79 Å². The zero-order valence-corrected chi connectivity index (χ0v) is 11.3. The lowest BCUT2D eigenvalue weighted by Gasteiger charge is -2.21. The Hall–Kier alpha value is -1.73. The number of hydrogen-bond acceptors (Lipinski definition) is 4. The highest BCUT2D eigenvalue weighted by Gasteiger charge is 2.20. The van der Waals surface area contributed by atoms with Gasteiger partial charge < -0.3 is 19.5 Å². The van der Waals surface area contributed by atoms with Crippen LogP contribution in [0.25, 0.3) is 0 Å². The van der Waals surface area contributed by atoms with Crippen molar-refractivity contribution in [1.82, 2.24) is 4.90 Å². The first-order chi connectivity index (χ1) is 9.45. The van der Waals surface area contributed by atoms with Crippen LogP contribution in [0.15, 0.2) is 24.3 Å². The van der Waals surface area contributed by atoms with Crippen LogP contribution in [-0.2, 0) is 4.74 Å². The molecule has 0 aromatic heterocycles. The fourth-order valence-electron chi connectivity index (χ4n) is 1.69. The lowest BCUT2D eigenvalue weighted by atomic mass is 10.1. The van der Waals surface area contributed by atoms with Gasteiger partial charge in [0.25, 0.3) is 5.91 Å². The van der Waals surface area contributed by atoms with Crippen LogP contribution < -0.4 is 4.74 Å². The molecule has 1 N–H and O–H groups in total. The Labute approximate surface area is 115 Å². The van der Waals surface area contributed by atoms with Gasteiger partial charge in [0, 0.05) is 20.7 Å². The third kappa shape index (κ3) is 4.75. The van der Waals surface area contributed by atoms with Gasteiger partial charge in [-0.15, -0.1) is 0 Å². The Balaban J connectivity index is 2.80. The lowest BCUT2D eigenvalue weighted by molar-refractivity contribution is -0.0503. The summed E-state index contributed by atoms with van der Waals surface area (Å²) in [7, 11) is 2.89. The van der Waals surface area contributed by atoms with E-state index in [0.29, 0.717) is 0 Å². The van der Waals surface area contributed by atoms with Gasteiger partial charge in [0.1, 0.15) is 5.75 Å². The van der Waals surface area contributed by atoms with E-state index in [4.69, 9.17) is 4.74 Å². The third-order valence-corrected chi connectivity index (χ3v) is 2.52. The molecule has 0 spiro atoms. The van der Waals surface area contributed by atoms with Crippen molar-refractivity contribution in [3.8, 4) is 5.75 Å². The fraction of sp³-hybridized carbons (Fsp3) is 0.462. The number of carbonyl (C=O) groups excluding carboxylic acids is 1. The van der Waals surface area contributed by atoms with E-state index in [9.17, 15) is 18.7 Å². The number of hydrogen-bond donors (Lipinski definition) is 1. The van der Waals surface area contributed by atoms with Crippen LogP contribution in [0.1, 0.15) is 10.4 Å². The molecule has 0 aliphatic rings. The summed E-state index contributed by atoms with van der Waals surface area (Å²) in [5.74, 6) is -0.711. The molecule has 1 aromatic rings. The Morgan fingerprint density at radius 2 is 2.05 bits per heavy atom. The number of benzene rings is 1. The van der Waals surface area contributed by atoms with Crippen molar-refractivity contribution in [3.05, 3.63) is 29.8 Å². The molecule has 20 heavy (non-hydrogen) atoms. The number of alkyl halides is 2. The summed E-state index contributed by atoms with van der Waals surface area (Å²) in [6.07, 6.45) is -0.850. The van der Waals surface area contributed by atoms with Crippen molar-refractivity contribution < 1.29 is 28.2 Å². The Bertz CT molecular complexity index is 442. The number of para-hydroxylation sites is 1. The standard InChI is InChI=1S/C13H17F2NO4/c1-16(7-9(17)8-19-2)12(18)10-5-3-4-6-11(10)20-13(14)15/h3-6,9,13,17H,7-8H2,1-2H3. The van der Waals surface area contributed by atoms with Crippen LogP contribution in [0.5, 0.6) is 5.75 Å². The maximum Gasteiger partial charge on any atom is 0.387 e. The molecule has 0 aliphatic heterocycles. The highest BCUT2D eigenvalue weighted by Crippen LogP contribution is 2.21. The van der Waals surface area contributed by atoms with Gasteiger partial charge in [0.2, 0.25) is 0 Å². The summed E-state index contributed by atoms with van der Waals surface area (Å²) >= 11 is 0. The molecular formula is C13H17F2NO4. The van der Waals surface area contributed by atoms with Crippen LogP contribution in [0.4, 0.5) is 8.78 Å². The summed E-state index contributed by atoms with van der Waals surface area (Å²) in [5.41, 5.74) is 0.0138. The van der Waals surface area contributed by atoms with Crippen LogP contribution in [0, 0.1) is 0 Å². The smallest absolute Gasteiger partial charge is 0.387 e. The third-order valence-electron chi connectivity index (χ3n) is 2.52. The van der Waals surface area contributed by atoms with E-state index in [-0.39, 0.29) is 24.5 Å². The molecule has 1 amide bonds. The topological polar surface area (TPSA) is 59.0 Å². The number of ether oxygens (including phenoxy) is 2. The average molecular weight is 289 g/mol. The van der Waals surface area contributed by atoms with E-state index >= 15 is 0 Å². The molecule has 1 rings (SSSR count). The van der Waals surface area contributed by atoms with E-state index in [1.54, 1.807) is 6.07 Å². The zero-order valence-electron chi connectivity index (χ0n) is 11.3. The first kappa shape index (κ1) is 16.3. The minimum Gasteiger partial charge on any atom is -0.434 e. The van der Waals surface area contributed by atoms with E-state index in [1.165, 1.54) is 37.3 Å². The van der Waals surface area contributed by atoms with Crippen LogP contribution in [0.3, 0.4) is 0 Å². The van der Waals surface area contributed by atoms with Gasteiger partial charge in [-0.25, -0.2) is 0 Å². The Morgan fingerprint density at radius 3 is 2.65 bits per heavy atom. The van der Waals surface area contributed by atoms with Crippen molar-refractivity contribution in [2.45, 2.75) is 12.7 Å². The second-order valence-corrected chi connectivity index (χ2v) is 4.17. The number of aliphatic hydroxyl groups is 1. The molecule has 1 unspecified atom stereocenters. The summed E-state index contributed by atoms with van der Waals surface area (Å²) in [4.78, 5) is 13.4. The monoisotopic (exact) mass is 289 g/mol. The molecule has 0 aliphatic carbocycles. The SMILES string of the molecule is COCC(O)CN(C)C(=O)c1ccccc1OC(F)F. The molecule has 0 radical (unpaired) electrons. The molecule has 0 heterocycles. The minimum absolute atomic E-state index is 0.0138. The molecule has 112 valence electrons. The number of carbonyl (C=O) groups is 1. The molecule has 1 atom stereocenters. The number of amides is 1. The van der Waals surface area contributed by atoms with Crippen molar-refractivity contribution in [2.24, 2.45) is 0 Å². The molecule has 5 nitrogen and oxygen atoms in total. The van der Waals surface area contributed by atoms with Gasteiger partial charge >= 0.3 is 6.61 Å². The minimum atomic E-state index is -3.01. The summed E-state index contributed by atoms with van der Waals surface area (Å²) in [6.45, 7) is -2.91. The molecular weight excluding hydrogens is 272 g/mol. The highest BCUT2D eigenvalue weighted by molar-refractivity contribution is 5.96. The second-order valence-electron chi connectivity index (χ2n) is 4.17. The van der Waals surface area contributed by atoms with Crippen molar-refractivity contribution in [1.29, 1.82) is 0 Å². The Kier molecular flexibility index (Phi) is 6.33. The molecule has 0 bridgehead atoms. The van der Waals surface area contributed by atoms with Gasteiger partial charge in [-0.1, -0.05) is 12.1 Å². The summed E-state index contributed by atoms with van der Waals surface area (Å²) in [5, 5.41) is 9.56. The number of nitrogens with zero attached hydrogens (tertiary/aromatic N) is 1. The molecule has 0 fully saturated rings. The van der Waals surface area contributed by atoms with Gasteiger partial charge in [-0.05, 0) is 12.1 Å². The predicted octanol–water partition coefficient (Wildman–Crippen LogP) is 1.37. The lowest BCUT2D eigenvalue weighted by Crippen LogP contribution is -2.36. The van der Waals surface area contributed by atoms with Crippen molar-refractivity contribution >= 4 is 5.91 Å². The molecule has 7 heteroatoms. The van der Waals surface area contributed by atoms with E-state index in [1.807, 2.05) is 0 Å². The number of halogens is 2. The maximum absolute atomic E-state index is 12.3. The predicted molar refractivity (Wildman–Crippen MR) is 67.9 cm³/mol. The van der Waals surface area contributed by atoms with Gasteiger partial charge in [-0.2, -0.15) is 8.78 Å².